The van der Waals surface area contributed by atoms with Gasteiger partial charge in [-0.1, -0.05) is 35.9 Å². The number of para-hydroxylation sites is 1. The van der Waals surface area contributed by atoms with Gasteiger partial charge in [-0.25, -0.2) is 4.79 Å². The highest BCUT2D eigenvalue weighted by atomic mass is 35.5. The monoisotopic (exact) mass is 343 g/mol. The van der Waals surface area contributed by atoms with Crippen molar-refractivity contribution in [3.63, 3.8) is 0 Å². The van der Waals surface area contributed by atoms with Crippen molar-refractivity contribution in [1.82, 2.24) is 14.9 Å². The Kier molecular flexibility index (Phi) is 4.48. The smallest absolute Gasteiger partial charge is 0.329 e. The van der Waals surface area contributed by atoms with Gasteiger partial charge in [0.15, 0.2) is 0 Å². The molecule has 2 N–H and O–H groups in total. The van der Waals surface area contributed by atoms with Crippen molar-refractivity contribution in [2.24, 2.45) is 0 Å². The second kappa shape index (κ2) is 6.72. The molecule has 0 saturated heterocycles. The van der Waals surface area contributed by atoms with Gasteiger partial charge in [0.25, 0.3) is 5.56 Å². The third-order valence-corrected chi connectivity index (χ3v) is 3.80. The quantitative estimate of drug-likeness (QED) is 0.755. The van der Waals surface area contributed by atoms with Gasteiger partial charge in [-0.15, -0.1) is 0 Å². The van der Waals surface area contributed by atoms with Crippen LogP contribution in [0.1, 0.15) is 5.56 Å². The van der Waals surface area contributed by atoms with E-state index in [1.54, 1.807) is 42.5 Å². The minimum atomic E-state index is -0.614. The largest absolute Gasteiger partial charge is 0.350 e. The number of nitrogens with one attached hydrogen (secondary N) is 2. The molecule has 3 rings (SSSR count). The van der Waals surface area contributed by atoms with Gasteiger partial charge in [-0.3, -0.25) is 14.2 Å². The number of fused-ring (bicyclic) bond motifs is 1. The van der Waals surface area contributed by atoms with E-state index in [2.05, 4.69) is 10.3 Å². The Labute approximate surface area is 141 Å². The number of carbonyl (C=O) groups is 1. The van der Waals surface area contributed by atoms with Crippen LogP contribution in [0.3, 0.4) is 0 Å². The Morgan fingerprint density at radius 1 is 1.12 bits per heavy atom. The first-order chi connectivity index (χ1) is 11.5. The predicted octanol–water partition coefficient (Wildman–Crippen LogP) is 1.66. The van der Waals surface area contributed by atoms with Crippen LogP contribution in [-0.2, 0) is 17.9 Å². The summed E-state index contributed by atoms with van der Waals surface area (Å²) in [5.41, 5.74) is 0.169. The molecule has 1 amide bonds. The SMILES string of the molecule is O=C(Cn1c(=O)[nH]c2ccccc2c1=O)NCc1cccc(Cl)c1. The van der Waals surface area contributed by atoms with Crippen LogP contribution >= 0.6 is 11.6 Å². The van der Waals surface area contributed by atoms with Crippen LogP contribution in [0.25, 0.3) is 10.9 Å². The number of H-pyrrole nitrogens is 1. The zero-order valence-electron chi connectivity index (χ0n) is 12.6. The highest BCUT2D eigenvalue weighted by Crippen LogP contribution is 2.10. The second-order valence-electron chi connectivity index (χ2n) is 5.27. The zero-order chi connectivity index (χ0) is 17.1. The van der Waals surface area contributed by atoms with Gasteiger partial charge in [0, 0.05) is 11.6 Å². The van der Waals surface area contributed by atoms with Crippen molar-refractivity contribution in [2.45, 2.75) is 13.1 Å². The summed E-state index contributed by atoms with van der Waals surface area (Å²) in [6, 6.07) is 13.7. The molecule has 0 radical (unpaired) electrons. The maximum Gasteiger partial charge on any atom is 0.329 e. The van der Waals surface area contributed by atoms with Gasteiger partial charge in [0.05, 0.1) is 10.9 Å². The van der Waals surface area contributed by atoms with Crippen molar-refractivity contribution in [1.29, 1.82) is 0 Å². The van der Waals surface area contributed by atoms with Gasteiger partial charge in [-0.2, -0.15) is 0 Å². The fourth-order valence-corrected chi connectivity index (χ4v) is 2.60. The Morgan fingerprint density at radius 3 is 2.71 bits per heavy atom. The number of benzene rings is 2. The summed E-state index contributed by atoms with van der Waals surface area (Å²) in [5.74, 6) is -0.433. The number of rotatable bonds is 4. The summed E-state index contributed by atoms with van der Waals surface area (Å²) in [5, 5.41) is 3.60. The molecule has 0 aliphatic rings. The maximum atomic E-state index is 12.3. The number of nitrogens with zero attached hydrogens (tertiary/aromatic N) is 1. The average Bonchev–Trinajstić information content (AvgIpc) is 2.57. The van der Waals surface area contributed by atoms with Crippen molar-refractivity contribution < 1.29 is 4.79 Å². The summed E-state index contributed by atoms with van der Waals surface area (Å²) in [6.45, 7) is -0.0841. The first-order valence-corrected chi connectivity index (χ1v) is 7.65. The van der Waals surface area contributed by atoms with E-state index in [0.717, 1.165) is 10.1 Å². The molecule has 3 aromatic rings. The average molecular weight is 344 g/mol. The van der Waals surface area contributed by atoms with Gasteiger partial charge in [-0.05, 0) is 29.8 Å². The van der Waals surface area contributed by atoms with Crippen LogP contribution in [0.4, 0.5) is 0 Å². The van der Waals surface area contributed by atoms with Gasteiger partial charge in [0.1, 0.15) is 6.54 Å². The van der Waals surface area contributed by atoms with Crippen molar-refractivity contribution in [3.05, 3.63) is 80.0 Å². The van der Waals surface area contributed by atoms with E-state index in [9.17, 15) is 14.4 Å². The van der Waals surface area contributed by atoms with Crippen molar-refractivity contribution >= 4 is 28.4 Å². The van der Waals surface area contributed by atoms with Crippen LogP contribution < -0.4 is 16.6 Å². The van der Waals surface area contributed by atoms with E-state index in [1.807, 2.05) is 6.07 Å². The molecule has 0 fully saturated rings. The third kappa shape index (κ3) is 3.38. The number of amides is 1. The van der Waals surface area contributed by atoms with E-state index >= 15 is 0 Å². The van der Waals surface area contributed by atoms with Crippen molar-refractivity contribution in [2.75, 3.05) is 0 Å². The molecular weight excluding hydrogens is 330 g/mol. The Morgan fingerprint density at radius 2 is 1.92 bits per heavy atom. The summed E-state index contributed by atoms with van der Waals surface area (Å²) >= 11 is 5.88. The van der Waals surface area contributed by atoms with Crippen LogP contribution in [0, 0.1) is 0 Å². The number of hydrogen-bond donors (Lipinski definition) is 2. The minimum absolute atomic E-state index is 0.264. The summed E-state index contributed by atoms with van der Waals surface area (Å²) in [4.78, 5) is 39.0. The molecule has 1 heterocycles. The zero-order valence-corrected chi connectivity index (χ0v) is 13.3. The van der Waals surface area contributed by atoms with Crippen LogP contribution in [0.5, 0.6) is 0 Å². The lowest BCUT2D eigenvalue weighted by Crippen LogP contribution is -2.40. The number of carbonyl (C=O) groups excluding carboxylic acids is 1. The molecule has 0 saturated carbocycles. The fraction of sp³-hybridized carbons (Fsp3) is 0.118. The molecule has 0 atom stereocenters. The van der Waals surface area contributed by atoms with E-state index in [0.29, 0.717) is 15.9 Å². The Bertz CT molecular complexity index is 1020. The molecule has 2 aromatic carbocycles. The topological polar surface area (TPSA) is 84.0 Å². The summed E-state index contributed by atoms with van der Waals surface area (Å²) in [6.07, 6.45) is 0. The van der Waals surface area contributed by atoms with E-state index < -0.39 is 17.2 Å². The highest BCUT2D eigenvalue weighted by molar-refractivity contribution is 6.30. The van der Waals surface area contributed by atoms with E-state index in [1.165, 1.54) is 0 Å². The molecule has 122 valence electrons. The number of aromatic amines is 1. The molecule has 0 spiro atoms. The highest BCUT2D eigenvalue weighted by Gasteiger charge is 2.11. The van der Waals surface area contributed by atoms with Crippen LogP contribution in [-0.4, -0.2) is 15.5 Å². The molecule has 1 aromatic heterocycles. The number of aromatic nitrogens is 2. The molecule has 0 aliphatic heterocycles. The first-order valence-electron chi connectivity index (χ1n) is 7.27. The molecule has 0 unspecified atom stereocenters. The summed E-state index contributed by atoms with van der Waals surface area (Å²) < 4.78 is 0.885. The Balaban J connectivity index is 1.78. The molecule has 24 heavy (non-hydrogen) atoms. The number of halogens is 1. The first kappa shape index (κ1) is 16.0. The van der Waals surface area contributed by atoms with Gasteiger partial charge < -0.3 is 10.3 Å². The Hall–Kier alpha value is -2.86. The standard InChI is InChI=1S/C17H14ClN3O3/c18-12-5-3-4-11(8-12)9-19-15(22)10-21-16(23)13-6-1-2-7-14(13)20-17(21)24/h1-8H,9-10H2,(H,19,22)(H,20,24). The fourth-order valence-electron chi connectivity index (χ4n) is 2.39. The van der Waals surface area contributed by atoms with Crippen molar-refractivity contribution in [3.8, 4) is 0 Å². The molecular formula is C17H14ClN3O3. The second-order valence-corrected chi connectivity index (χ2v) is 5.71. The van der Waals surface area contributed by atoms with Gasteiger partial charge >= 0.3 is 5.69 Å². The third-order valence-electron chi connectivity index (χ3n) is 3.57. The maximum absolute atomic E-state index is 12.3. The van der Waals surface area contributed by atoms with Gasteiger partial charge in [0.2, 0.25) is 5.91 Å². The van der Waals surface area contributed by atoms with Crippen LogP contribution in [0.15, 0.2) is 58.1 Å². The summed E-state index contributed by atoms with van der Waals surface area (Å²) in [7, 11) is 0. The molecule has 6 nitrogen and oxygen atoms in total. The van der Waals surface area contributed by atoms with Crippen LogP contribution in [0.2, 0.25) is 5.02 Å². The van der Waals surface area contributed by atoms with E-state index in [-0.39, 0.29) is 13.1 Å². The minimum Gasteiger partial charge on any atom is -0.350 e. The van der Waals surface area contributed by atoms with E-state index in [4.69, 9.17) is 11.6 Å². The predicted molar refractivity (Wildman–Crippen MR) is 92.1 cm³/mol. The lowest BCUT2D eigenvalue weighted by Gasteiger charge is -2.08. The normalized spacial score (nSPS) is 10.7. The molecule has 0 bridgehead atoms. The lowest BCUT2D eigenvalue weighted by atomic mass is 10.2. The number of hydrogen-bond acceptors (Lipinski definition) is 3. The molecule has 0 aliphatic carbocycles. The lowest BCUT2D eigenvalue weighted by molar-refractivity contribution is -0.121. The molecule has 7 heteroatoms.